The lowest BCUT2D eigenvalue weighted by atomic mass is 9.89. The van der Waals surface area contributed by atoms with Crippen molar-refractivity contribution in [1.82, 2.24) is 0 Å². The minimum absolute atomic E-state index is 0.157. The number of aliphatic carboxylic acids is 1. The normalized spacial score (nSPS) is 17.3. The molecule has 0 saturated carbocycles. The molecule has 286 valence electrons. The van der Waals surface area contributed by atoms with Crippen molar-refractivity contribution >= 4 is 34.3 Å². The number of rotatable bonds is 11. The van der Waals surface area contributed by atoms with Crippen LogP contribution in [0.1, 0.15) is 118 Å². The summed E-state index contributed by atoms with van der Waals surface area (Å²) in [6.45, 7) is 11.1. The van der Waals surface area contributed by atoms with Crippen molar-refractivity contribution in [1.29, 1.82) is 5.26 Å². The Balaban J connectivity index is 1.25. The van der Waals surface area contributed by atoms with Gasteiger partial charge in [0.1, 0.15) is 11.6 Å². The highest BCUT2D eigenvalue weighted by Crippen LogP contribution is 2.40. The molecule has 2 atom stereocenters. The number of anilines is 4. The lowest BCUT2D eigenvalue weighted by Gasteiger charge is -2.33. The molecule has 2 heterocycles. The zero-order chi connectivity index (χ0) is 39.2. The average Bonchev–Trinajstić information content (AvgIpc) is 3.24. The first-order chi connectivity index (χ1) is 27.3. The predicted molar refractivity (Wildman–Crippen MR) is 232 cm³/mol. The first-order valence-corrected chi connectivity index (χ1v) is 20.7. The zero-order valence-electron chi connectivity index (χ0n) is 33.5. The van der Waals surface area contributed by atoms with Crippen LogP contribution in [0, 0.1) is 11.3 Å². The molecule has 0 bridgehead atoms. The molecule has 0 aromatic heterocycles. The van der Waals surface area contributed by atoms with Crippen LogP contribution >= 0.6 is 0 Å². The van der Waals surface area contributed by atoms with Gasteiger partial charge in [-0.3, -0.25) is 0 Å². The van der Waals surface area contributed by atoms with Crippen LogP contribution < -0.4 is 9.80 Å². The van der Waals surface area contributed by atoms with E-state index in [1.54, 1.807) is 0 Å². The van der Waals surface area contributed by atoms with Gasteiger partial charge < -0.3 is 14.9 Å². The third-order valence-electron chi connectivity index (χ3n) is 12.3. The van der Waals surface area contributed by atoms with E-state index in [1.807, 2.05) is 12.1 Å². The molecule has 4 aromatic rings. The topological polar surface area (TPSA) is 67.6 Å². The van der Waals surface area contributed by atoms with Gasteiger partial charge in [-0.05, 0) is 168 Å². The number of nitriles is 1. The number of nitrogens with zero attached hydrogens (tertiary/aromatic N) is 3. The fraction of sp³-hybridized carbons (Fsp3) is 0.333. The smallest absolute Gasteiger partial charge is 0.346 e. The van der Waals surface area contributed by atoms with E-state index in [2.05, 4.69) is 141 Å². The Morgan fingerprint density at radius 1 is 0.732 bits per heavy atom. The molecular weight excluding hydrogens is 687 g/mol. The first kappa shape index (κ1) is 38.7. The second kappa shape index (κ2) is 17.5. The van der Waals surface area contributed by atoms with Crippen molar-refractivity contribution in [2.75, 3.05) is 22.9 Å². The summed E-state index contributed by atoms with van der Waals surface area (Å²) in [4.78, 5) is 16.7. The Bertz CT molecular complexity index is 2120. The van der Waals surface area contributed by atoms with Crippen LogP contribution in [0.4, 0.5) is 22.7 Å². The van der Waals surface area contributed by atoms with E-state index in [9.17, 15) is 15.2 Å². The SMILES string of the molecule is CCC(C)c1ccc(N2CCCc3cc(C(=C/C=C/C4=CC(=C(\C#N)C(=O)O)/CCC4)c4ccc5c(c4)CCCN5c4ccc(C(C)CC)cc4)ccc32)cc1. The van der Waals surface area contributed by atoms with Crippen LogP contribution in [-0.4, -0.2) is 24.2 Å². The third kappa shape index (κ3) is 8.31. The molecule has 56 heavy (non-hydrogen) atoms. The molecule has 2 unspecified atom stereocenters. The molecule has 4 aromatic carbocycles. The van der Waals surface area contributed by atoms with Crippen molar-refractivity contribution in [3.05, 3.63) is 159 Å². The van der Waals surface area contributed by atoms with Crippen LogP contribution in [0.5, 0.6) is 0 Å². The van der Waals surface area contributed by atoms with Gasteiger partial charge in [-0.25, -0.2) is 4.79 Å². The molecule has 5 nitrogen and oxygen atoms in total. The average molecular weight is 742 g/mol. The summed E-state index contributed by atoms with van der Waals surface area (Å²) in [5.41, 5.74) is 15.6. The van der Waals surface area contributed by atoms with Gasteiger partial charge in [0.25, 0.3) is 0 Å². The van der Waals surface area contributed by atoms with Crippen LogP contribution in [0.2, 0.25) is 0 Å². The fourth-order valence-electron chi connectivity index (χ4n) is 8.57. The maximum atomic E-state index is 11.7. The molecule has 3 aliphatic rings. The minimum Gasteiger partial charge on any atom is -0.477 e. The number of carboxylic acid groups (broad SMARTS) is 1. The number of benzene rings is 4. The van der Waals surface area contributed by atoms with Gasteiger partial charge >= 0.3 is 5.97 Å². The summed E-state index contributed by atoms with van der Waals surface area (Å²) < 4.78 is 0. The number of hydrogen-bond acceptors (Lipinski definition) is 4. The lowest BCUT2D eigenvalue weighted by Crippen LogP contribution is -2.24. The molecular formula is C51H55N3O2. The summed E-state index contributed by atoms with van der Waals surface area (Å²) in [6, 6.07) is 34.2. The fourth-order valence-corrected chi connectivity index (χ4v) is 8.57. The van der Waals surface area contributed by atoms with Crippen LogP contribution in [0.15, 0.2) is 126 Å². The van der Waals surface area contributed by atoms with Gasteiger partial charge in [0.2, 0.25) is 0 Å². The Kier molecular flexibility index (Phi) is 12.1. The van der Waals surface area contributed by atoms with Gasteiger partial charge in [0, 0.05) is 35.8 Å². The van der Waals surface area contributed by atoms with Gasteiger partial charge in [-0.2, -0.15) is 5.26 Å². The van der Waals surface area contributed by atoms with Crippen molar-refractivity contribution < 1.29 is 9.90 Å². The van der Waals surface area contributed by atoms with Gasteiger partial charge in [-0.1, -0.05) is 88.4 Å². The van der Waals surface area contributed by atoms with Crippen molar-refractivity contribution in [3.63, 3.8) is 0 Å². The number of carboxylic acids is 1. The maximum absolute atomic E-state index is 11.7. The molecule has 7 rings (SSSR count). The number of aryl methyl sites for hydroxylation is 2. The molecule has 0 amide bonds. The molecule has 0 saturated heterocycles. The van der Waals surface area contributed by atoms with Crippen molar-refractivity contribution in [3.8, 4) is 6.07 Å². The lowest BCUT2D eigenvalue weighted by molar-refractivity contribution is -0.132. The van der Waals surface area contributed by atoms with E-state index in [4.69, 9.17) is 0 Å². The van der Waals surface area contributed by atoms with Gasteiger partial charge in [0.05, 0.1) is 0 Å². The van der Waals surface area contributed by atoms with E-state index in [0.717, 1.165) is 75.6 Å². The monoisotopic (exact) mass is 741 g/mol. The molecule has 0 spiro atoms. The van der Waals surface area contributed by atoms with Gasteiger partial charge in [0.15, 0.2) is 0 Å². The number of allylic oxidation sites excluding steroid dienone is 6. The van der Waals surface area contributed by atoms with E-state index < -0.39 is 5.97 Å². The summed E-state index contributed by atoms with van der Waals surface area (Å²) in [5.74, 6) is -0.0472. The molecule has 0 fully saturated rings. The van der Waals surface area contributed by atoms with E-state index in [0.29, 0.717) is 23.8 Å². The highest BCUT2D eigenvalue weighted by atomic mass is 16.4. The highest BCUT2D eigenvalue weighted by molar-refractivity contribution is 5.92. The van der Waals surface area contributed by atoms with E-state index >= 15 is 0 Å². The summed E-state index contributed by atoms with van der Waals surface area (Å²) in [5, 5.41) is 19.1. The Hall–Kier alpha value is -5.60. The first-order valence-electron chi connectivity index (χ1n) is 20.7. The quantitative estimate of drug-likeness (QED) is 0.0942. The van der Waals surface area contributed by atoms with E-state index in [-0.39, 0.29) is 5.57 Å². The van der Waals surface area contributed by atoms with Crippen LogP contribution in [0.3, 0.4) is 0 Å². The van der Waals surface area contributed by atoms with Crippen LogP contribution in [0.25, 0.3) is 5.57 Å². The molecule has 2 aliphatic heterocycles. The van der Waals surface area contributed by atoms with Crippen molar-refractivity contribution in [2.24, 2.45) is 0 Å². The molecule has 0 radical (unpaired) electrons. The molecule has 5 heteroatoms. The number of hydrogen-bond donors (Lipinski definition) is 1. The third-order valence-corrected chi connectivity index (χ3v) is 12.3. The van der Waals surface area contributed by atoms with Crippen LogP contribution in [-0.2, 0) is 17.6 Å². The zero-order valence-corrected chi connectivity index (χ0v) is 33.5. The summed E-state index contributed by atoms with van der Waals surface area (Å²) in [7, 11) is 0. The highest BCUT2D eigenvalue weighted by Gasteiger charge is 2.23. The summed E-state index contributed by atoms with van der Waals surface area (Å²) >= 11 is 0. The minimum atomic E-state index is -1.16. The number of carbonyl (C=O) groups is 1. The maximum Gasteiger partial charge on any atom is 0.346 e. The van der Waals surface area contributed by atoms with Crippen molar-refractivity contribution in [2.45, 2.75) is 97.3 Å². The van der Waals surface area contributed by atoms with Gasteiger partial charge in [-0.15, -0.1) is 0 Å². The molecule has 1 aliphatic carbocycles. The summed E-state index contributed by atoms with van der Waals surface area (Å²) in [6.07, 6.45) is 17.1. The second-order valence-corrected chi connectivity index (χ2v) is 15.8. The predicted octanol–water partition coefficient (Wildman–Crippen LogP) is 12.9. The Morgan fingerprint density at radius 3 is 1.71 bits per heavy atom. The molecule has 1 N–H and O–H groups in total. The standard InChI is InChI=1S/C51H55N3O2/c1-5-35(3)38-17-23-45(24-18-38)53-29-9-14-43-32-41(21-27-49(43)53)47(16-8-12-37-11-7-13-40(31-37)48(34-52)51(55)56)42-22-28-50-44(33-42)15-10-30-54(50)46-25-19-39(20-26-46)36(4)6-2/h8,12,16-28,31-33,35-36H,5-7,9-11,13-15,29-30H2,1-4H3,(H,55,56)/b12-8+,47-16?,48-40+. The second-order valence-electron chi connectivity index (χ2n) is 15.8. The Labute approximate surface area is 334 Å². The number of fused-ring (bicyclic) bond motifs is 2. The Morgan fingerprint density at radius 2 is 1.25 bits per heavy atom. The largest absolute Gasteiger partial charge is 0.477 e. The van der Waals surface area contributed by atoms with E-state index in [1.165, 1.54) is 56.1 Å².